The molecule has 74 valence electrons. The van der Waals surface area contributed by atoms with Crippen LogP contribution in [0, 0.1) is 6.92 Å². The second kappa shape index (κ2) is 3.01. The first kappa shape index (κ1) is 9.57. The van der Waals surface area contributed by atoms with Gasteiger partial charge in [0, 0.05) is 0 Å². The van der Waals surface area contributed by atoms with Gasteiger partial charge in [0.1, 0.15) is 0 Å². The molecule has 4 nitrogen and oxygen atoms in total. The second-order valence-corrected chi connectivity index (χ2v) is 5.43. The van der Waals surface area contributed by atoms with Crippen molar-refractivity contribution in [1.82, 2.24) is 4.98 Å². The minimum Gasteiger partial charge on any atom is -0.244 e. The number of fused-ring (bicyclic) bond motifs is 1. The van der Waals surface area contributed by atoms with Crippen LogP contribution < -0.4 is 5.14 Å². The van der Waals surface area contributed by atoms with Crippen molar-refractivity contribution in [1.29, 1.82) is 0 Å². The molecular formula is C8H8N2O2S2. The van der Waals surface area contributed by atoms with Crippen molar-refractivity contribution in [3.05, 3.63) is 23.2 Å². The zero-order chi connectivity index (χ0) is 10.3. The highest BCUT2D eigenvalue weighted by Crippen LogP contribution is 2.24. The highest BCUT2D eigenvalue weighted by molar-refractivity contribution is 7.89. The average molecular weight is 228 g/mol. The first-order chi connectivity index (χ1) is 6.48. The Kier molecular flexibility index (Phi) is 2.06. The van der Waals surface area contributed by atoms with Gasteiger partial charge in [0.05, 0.1) is 20.6 Å². The quantitative estimate of drug-likeness (QED) is 0.798. The van der Waals surface area contributed by atoms with Gasteiger partial charge in [-0.15, -0.1) is 11.3 Å². The van der Waals surface area contributed by atoms with E-state index in [4.69, 9.17) is 5.14 Å². The Morgan fingerprint density at radius 3 is 2.79 bits per heavy atom. The molecule has 0 aliphatic carbocycles. The van der Waals surface area contributed by atoms with Crippen LogP contribution in [0.1, 0.15) is 5.56 Å². The Morgan fingerprint density at radius 2 is 2.14 bits per heavy atom. The van der Waals surface area contributed by atoms with Gasteiger partial charge in [-0.05, 0) is 24.6 Å². The molecule has 14 heavy (non-hydrogen) atoms. The Balaban J connectivity index is 2.83. The Labute approximate surface area is 85.4 Å². The van der Waals surface area contributed by atoms with E-state index in [9.17, 15) is 8.42 Å². The third-order valence-corrected chi connectivity index (χ3v) is 3.60. The third kappa shape index (κ3) is 1.52. The summed E-state index contributed by atoms with van der Waals surface area (Å²) in [5, 5.41) is 5.04. The topological polar surface area (TPSA) is 73.1 Å². The summed E-state index contributed by atoms with van der Waals surface area (Å²) in [6, 6.07) is 3.09. The number of nitrogens with two attached hydrogens (primary N) is 1. The van der Waals surface area contributed by atoms with E-state index in [2.05, 4.69) is 4.98 Å². The van der Waals surface area contributed by atoms with E-state index >= 15 is 0 Å². The molecule has 0 atom stereocenters. The molecule has 1 aromatic heterocycles. The molecule has 0 radical (unpaired) electrons. The number of thiazole rings is 1. The van der Waals surface area contributed by atoms with E-state index in [1.54, 1.807) is 11.6 Å². The van der Waals surface area contributed by atoms with Crippen molar-refractivity contribution in [2.45, 2.75) is 11.8 Å². The highest BCUT2D eigenvalue weighted by atomic mass is 32.2. The fourth-order valence-electron chi connectivity index (χ4n) is 1.27. The lowest BCUT2D eigenvalue weighted by molar-refractivity contribution is 0.598. The third-order valence-electron chi connectivity index (χ3n) is 1.93. The van der Waals surface area contributed by atoms with Crippen LogP contribution in [0.2, 0.25) is 0 Å². The first-order valence-electron chi connectivity index (χ1n) is 3.85. The highest BCUT2D eigenvalue weighted by Gasteiger charge is 2.11. The van der Waals surface area contributed by atoms with Crippen molar-refractivity contribution in [2.24, 2.45) is 5.14 Å². The van der Waals surface area contributed by atoms with Crippen LogP contribution in [0.4, 0.5) is 0 Å². The molecule has 0 amide bonds. The number of hydrogen-bond acceptors (Lipinski definition) is 4. The van der Waals surface area contributed by atoms with Crippen molar-refractivity contribution < 1.29 is 8.42 Å². The smallest absolute Gasteiger partial charge is 0.238 e. The van der Waals surface area contributed by atoms with Gasteiger partial charge in [-0.2, -0.15) is 0 Å². The van der Waals surface area contributed by atoms with Crippen LogP contribution in [0.3, 0.4) is 0 Å². The van der Waals surface area contributed by atoms with Crippen LogP contribution in [-0.4, -0.2) is 13.4 Å². The van der Waals surface area contributed by atoms with E-state index in [1.165, 1.54) is 17.4 Å². The standard InChI is InChI=1S/C8H8N2O2S2/c1-5-2-6(14(9,11)12)3-7-8(5)10-4-13-7/h2-4H,1H3,(H2,9,11,12). The molecule has 1 heterocycles. The van der Waals surface area contributed by atoms with Crippen LogP contribution in [0.15, 0.2) is 22.5 Å². The predicted octanol–water partition coefficient (Wildman–Crippen LogP) is 1.25. The molecule has 0 saturated carbocycles. The monoisotopic (exact) mass is 228 g/mol. The van der Waals surface area contributed by atoms with Crippen LogP contribution >= 0.6 is 11.3 Å². The van der Waals surface area contributed by atoms with Crippen LogP contribution in [0.25, 0.3) is 10.2 Å². The molecule has 6 heteroatoms. The summed E-state index contributed by atoms with van der Waals surface area (Å²) < 4.78 is 23.1. The zero-order valence-corrected chi connectivity index (χ0v) is 9.02. The normalized spacial score (nSPS) is 12.1. The number of nitrogens with zero attached hydrogens (tertiary/aromatic N) is 1. The maximum atomic E-state index is 11.1. The number of benzene rings is 1. The molecule has 1 aromatic carbocycles. The van der Waals surface area contributed by atoms with Gasteiger partial charge in [0.25, 0.3) is 0 Å². The minimum atomic E-state index is -3.62. The van der Waals surface area contributed by atoms with Gasteiger partial charge in [0.2, 0.25) is 10.0 Å². The maximum Gasteiger partial charge on any atom is 0.238 e. The molecule has 2 aromatic rings. The Hall–Kier alpha value is -0.980. The molecular weight excluding hydrogens is 220 g/mol. The summed E-state index contributed by atoms with van der Waals surface area (Å²) in [6.07, 6.45) is 0. The molecule has 0 unspecified atom stereocenters. The van der Waals surface area contributed by atoms with Crippen molar-refractivity contribution in [3.8, 4) is 0 Å². The maximum absolute atomic E-state index is 11.1. The Bertz CT molecular complexity index is 586. The van der Waals surface area contributed by atoms with E-state index in [0.29, 0.717) is 0 Å². The summed E-state index contributed by atoms with van der Waals surface area (Å²) in [5.74, 6) is 0. The molecule has 0 aliphatic rings. The van der Waals surface area contributed by atoms with Crippen molar-refractivity contribution in [2.75, 3.05) is 0 Å². The largest absolute Gasteiger partial charge is 0.244 e. The molecule has 0 aliphatic heterocycles. The van der Waals surface area contributed by atoms with Gasteiger partial charge in [0.15, 0.2) is 0 Å². The van der Waals surface area contributed by atoms with E-state index in [0.717, 1.165) is 15.8 Å². The molecule has 0 fully saturated rings. The average Bonchev–Trinajstić information content (AvgIpc) is 2.50. The van der Waals surface area contributed by atoms with E-state index in [1.807, 2.05) is 6.92 Å². The van der Waals surface area contributed by atoms with Crippen molar-refractivity contribution in [3.63, 3.8) is 0 Å². The Morgan fingerprint density at radius 1 is 1.43 bits per heavy atom. The number of hydrogen-bond donors (Lipinski definition) is 1. The minimum absolute atomic E-state index is 0.145. The number of rotatable bonds is 1. The van der Waals surface area contributed by atoms with Gasteiger partial charge in [-0.1, -0.05) is 0 Å². The molecule has 0 saturated heterocycles. The number of aromatic nitrogens is 1. The molecule has 2 N–H and O–H groups in total. The van der Waals surface area contributed by atoms with E-state index < -0.39 is 10.0 Å². The SMILES string of the molecule is Cc1cc(S(N)(=O)=O)cc2scnc12. The van der Waals surface area contributed by atoms with Gasteiger partial charge < -0.3 is 0 Å². The molecule has 0 bridgehead atoms. The fraction of sp³-hybridized carbons (Fsp3) is 0.125. The lowest BCUT2D eigenvalue weighted by atomic mass is 10.2. The van der Waals surface area contributed by atoms with Gasteiger partial charge >= 0.3 is 0 Å². The van der Waals surface area contributed by atoms with Crippen LogP contribution in [-0.2, 0) is 10.0 Å². The second-order valence-electron chi connectivity index (χ2n) is 2.98. The summed E-state index contributed by atoms with van der Waals surface area (Å²) in [5.41, 5.74) is 3.35. The number of primary sulfonamides is 1. The predicted molar refractivity (Wildman–Crippen MR) is 55.7 cm³/mol. The van der Waals surface area contributed by atoms with Crippen LogP contribution in [0.5, 0.6) is 0 Å². The zero-order valence-electron chi connectivity index (χ0n) is 7.39. The number of aryl methyl sites for hydroxylation is 1. The fourth-order valence-corrected chi connectivity index (χ4v) is 2.76. The molecule has 0 spiro atoms. The van der Waals surface area contributed by atoms with Crippen molar-refractivity contribution >= 4 is 31.6 Å². The van der Waals surface area contributed by atoms with E-state index in [-0.39, 0.29) is 4.90 Å². The first-order valence-corrected chi connectivity index (χ1v) is 6.28. The molecule has 2 rings (SSSR count). The summed E-state index contributed by atoms with van der Waals surface area (Å²) in [6.45, 7) is 1.82. The summed E-state index contributed by atoms with van der Waals surface area (Å²) >= 11 is 1.40. The summed E-state index contributed by atoms with van der Waals surface area (Å²) in [4.78, 5) is 4.27. The van der Waals surface area contributed by atoms with Gasteiger partial charge in [-0.25, -0.2) is 18.5 Å². The lowest BCUT2D eigenvalue weighted by Crippen LogP contribution is -2.12. The van der Waals surface area contributed by atoms with Gasteiger partial charge in [-0.3, -0.25) is 0 Å². The number of sulfonamides is 1. The summed E-state index contributed by atoms with van der Waals surface area (Å²) in [7, 11) is -3.62. The lowest BCUT2D eigenvalue weighted by Gasteiger charge is -2.00.